The number of benzene rings is 3. The second-order valence-corrected chi connectivity index (χ2v) is 7.67. The molecule has 32 heavy (non-hydrogen) atoms. The van der Waals surface area contributed by atoms with Crippen molar-refractivity contribution in [2.24, 2.45) is 0 Å². The molecular weight excluding hydrogens is 404 g/mol. The average Bonchev–Trinajstić information content (AvgIpc) is 2.86. The van der Waals surface area contributed by atoms with Gasteiger partial charge >= 0.3 is 0 Å². The summed E-state index contributed by atoms with van der Waals surface area (Å²) in [5.41, 5.74) is 2.46. The molecule has 6 heteroatoms. The number of hydrogen-bond acceptors (Lipinski definition) is 5. The third-order valence-corrected chi connectivity index (χ3v) is 5.18. The van der Waals surface area contributed by atoms with Crippen molar-refractivity contribution in [3.05, 3.63) is 96.1 Å². The van der Waals surface area contributed by atoms with E-state index >= 15 is 0 Å². The normalized spacial score (nSPS) is 12.7. The molecule has 3 aromatic carbocycles. The summed E-state index contributed by atoms with van der Waals surface area (Å²) in [4.78, 5) is 14.2. The molecule has 3 N–H and O–H groups in total. The van der Waals surface area contributed by atoms with Gasteiger partial charge in [0.05, 0.1) is 6.61 Å². The molecule has 0 saturated heterocycles. The molecule has 6 nitrogen and oxygen atoms in total. The third-order valence-electron chi connectivity index (χ3n) is 5.18. The first-order valence-electron chi connectivity index (χ1n) is 10.7. The van der Waals surface area contributed by atoms with E-state index in [0.717, 1.165) is 11.3 Å². The topological polar surface area (TPSA) is 82.0 Å². The number of rotatable bonds is 11. The van der Waals surface area contributed by atoms with Crippen LogP contribution >= 0.6 is 0 Å². The number of nitrogens with one attached hydrogen (secondary N) is 1. The molecule has 3 rings (SSSR count). The molecule has 1 amide bonds. The van der Waals surface area contributed by atoms with Crippen LogP contribution < -0.4 is 15.0 Å². The van der Waals surface area contributed by atoms with Crippen LogP contribution in [0.15, 0.2) is 84.9 Å². The van der Waals surface area contributed by atoms with Crippen molar-refractivity contribution in [3.8, 4) is 5.75 Å². The molecule has 0 aromatic heterocycles. The van der Waals surface area contributed by atoms with Crippen molar-refractivity contribution < 1.29 is 19.7 Å². The summed E-state index contributed by atoms with van der Waals surface area (Å²) in [6, 6.07) is 26.0. The molecule has 0 aliphatic carbocycles. The van der Waals surface area contributed by atoms with Gasteiger partial charge in [0.25, 0.3) is 5.91 Å². The van der Waals surface area contributed by atoms with Gasteiger partial charge in [-0.05, 0) is 48.4 Å². The van der Waals surface area contributed by atoms with E-state index in [1.807, 2.05) is 72.8 Å². The highest BCUT2D eigenvalue weighted by Gasteiger charge is 2.15. The maximum atomic E-state index is 12.6. The van der Waals surface area contributed by atoms with E-state index in [4.69, 9.17) is 4.74 Å². The Bertz CT molecular complexity index is 949. The number of carbonyl (C=O) groups excluding carboxylic acids is 1. The summed E-state index contributed by atoms with van der Waals surface area (Å²) in [6.45, 7) is 0.427. The zero-order chi connectivity index (χ0) is 22.8. The number of carbonyl (C=O) groups is 1. The van der Waals surface area contributed by atoms with E-state index in [1.165, 1.54) is 0 Å². The maximum absolute atomic E-state index is 12.6. The lowest BCUT2D eigenvalue weighted by molar-refractivity contribution is 0.0992. The standard InChI is InChI=1S/C26H30N2O4/c1-28(26(31)21-8-4-2-5-9-21)23-14-12-20(13-15-23)16-22(18-29)27-17-24(30)19-32-25-10-6-3-7-11-25/h2-15,22,24,27,29-30H,16-19H2,1H3/t22-,24-/m0/s1. The van der Waals surface area contributed by atoms with Gasteiger partial charge in [-0.3, -0.25) is 4.79 Å². The Morgan fingerprint density at radius 1 is 0.969 bits per heavy atom. The Labute approximate surface area is 189 Å². The predicted octanol–water partition coefficient (Wildman–Crippen LogP) is 2.90. The van der Waals surface area contributed by atoms with Gasteiger partial charge < -0.3 is 25.2 Å². The van der Waals surface area contributed by atoms with E-state index in [0.29, 0.717) is 24.3 Å². The van der Waals surface area contributed by atoms with Crippen molar-refractivity contribution in [3.63, 3.8) is 0 Å². The summed E-state index contributed by atoms with van der Waals surface area (Å²) in [6.07, 6.45) is -0.0939. The molecule has 0 radical (unpaired) electrons. The quantitative estimate of drug-likeness (QED) is 0.432. The average molecular weight is 435 g/mol. The number of aliphatic hydroxyl groups excluding tert-OH is 2. The minimum atomic E-state index is -0.690. The van der Waals surface area contributed by atoms with Gasteiger partial charge in [0.15, 0.2) is 0 Å². The largest absolute Gasteiger partial charge is 0.491 e. The predicted molar refractivity (Wildman–Crippen MR) is 126 cm³/mol. The minimum Gasteiger partial charge on any atom is -0.491 e. The Morgan fingerprint density at radius 3 is 2.22 bits per heavy atom. The van der Waals surface area contributed by atoms with Gasteiger partial charge in [0.2, 0.25) is 0 Å². The first-order valence-corrected chi connectivity index (χ1v) is 10.7. The molecule has 0 fully saturated rings. The van der Waals surface area contributed by atoms with Crippen LogP contribution in [0.3, 0.4) is 0 Å². The van der Waals surface area contributed by atoms with Gasteiger partial charge in [0, 0.05) is 30.9 Å². The number of hydrogen-bond donors (Lipinski definition) is 3. The molecule has 3 aromatic rings. The van der Waals surface area contributed by atoms with Crippen LogP contribution in [0.1, 0.15) is 15.9 Å². The molecule has 0 aliphatic rings. The number of nitrogens with zero attached hydrogens (tertiary/aromatic N) is 1. The van der Waals surface area contributed by atoms with Crippen LogP contribution in [0.5, 0.6) is 5.75 Å². The van der Waals surface area contributed by atoms with Crippen LogP contribution in [-0.4, -0.2) is 55.1 Å². The van der Waals surface area contributed by atoms with Crippen molar-refractivity contribution in [2.75, 3.05) is 31.7 Å². The lowest BCUT2D eigenvalue weighted by atomic mass is 10.1. The fraction of sp³-hybridized carbons (Fsp3) is 0.269. The number of anilines is 1. The zero-order valence-corrected chi connectivity index (χ0v) is 18.2. The fourth-order valence-corrected chi connectivity index (χ4v) is 3.30. The van der Waals surface area contributed by atoms with Crippen molar-refractivity contribution in [2.45, 2.75) is 18.6 Å². The van der Waals surface area contributed by atoms with Crippen molar-refractivity contribution >= 4 is 11.6 Å². The highest BCUT2D eigenvalue weighted by atomic mass is 16.5. The summed E-state index contributed by atoms with van der Waals surface area (Å²) in [5, 5.41) is 23.1. The Hall–Kier alpha value is -3.19. The highest BCUT2D eigenvalue weighted by Crippen LogP contribution is 2.17. The number of amides is 1. The van der Waals surface area contributed by atoms with Crippen LogP contribution in [0.2, 0.25) is 0 Å². The van der Waals surface area contributed by atoms with Gasteiger partial charge in [-0.2, -0.15) is 0 Å². The van der Waals surface area contributed by atoms with Crippen molar-refractivity contribution in [1.29, 1.82) is 0 Å². The first-order chi connectivity index (χ1) is 15.6. The van der Waals surface area contributed by atoms with E-state index < -0.39 is 6.10 Å². The van der Waals surface area contributed by atoms with Gasteiger partial charge in [-0.25, -0.2) is 0 Å². The summed E-state index contributed by atoms with van der Waals surface area (Å²) in [5.74, 6) is 0.640. The van der Waals surface area contributed by atoms with Gasteiger partial charge in [-0.1, -0.05) is 48.5 Å². The smallest absolute Gasteiger partial charge is 0.258 e. The van der Waals surface area contributed by atoms with E-state index in [1.54, 1.807) is 24.1 Å². The Morgan fingerprint density at radius 2 is 1.59 bits per heavy atom. The van der Waals surface area contributed by atoms with Crippen LogP contribution in [0.25, 0.3) is 0 Å². The van der Waals surface area contributed by atoms with Crippen molar-refractivity contribution in [1.82, 2.24) is 5.32 Å². The SMILES string of the molecule is CN(C(=O)c1ccccc1)c1ccc(C[C@@H](CO)NC[C@H](O)COc2ccccc2)cc1. The Balaban J connectivity index is 1.48. The van der Waals surface area contributed by atoms with Crippen LogP contribution in [0.4, 0.5) is 5.69 Å². The summed E-state index contributed by atoms with van der Waals surface area (Å²) in [7, 11) is 1.75. The number of ether oxygens (including phenoxy) is 1. The second-order valence-electron chi connectivity index (χ2n) is 7.67. The van der Waals surface area contributed by atoms with Crippen LogP contribution in [0, 0.1) is 0 Å². The molecule has 0 saturated carbocycles. The number of para-hydroxylation sites is 1. The summed E-state index contributed by atoms with van der Waals surface area (Å²) < 4.78 is 5.55. The monoisotopic (exact) mass is 434 g/mol. The maximum Gasteiger partial charge on any atom is 0.258 e. The zero-order valence-electron chi connectivity index (χ0n) is 18.2. The molecule has 168 valence electrons. The first kappa shape index (κ1) is 23.5. The van der Waals surface area contributed by atoms with E-state index in [9.17, 15) is 15.0 Å². The molecule has 0 heterocycles. The lowest BCUT2D eigenvalue weighted by Gasteiger charge is -2.20. The molecule has 2 atom stereocenters. The van der Waals surface area contributed by atoms with Gasteiger partial charge in [-0.15, -0.1) is 0 Å². The highest BCUT2D eigenvalue weighted by molar-refractivity contribution is 6.05. The molecule has 0 spiro atoms. The van der Waals surface area contributed by atoms with Gasteiger partial charge in [0.1, 0.15) is 18.5 Å². The molecule has 0 bridgehead atoms. The van der Waals surface area contributed by atoms with E-state index in [2.05, 4.69) is 5.32 Å². The third kappa shape index (κ3) is 6.92. The Kier molecular flexibility index (Phi) is 8.80. The van der Waals surface area contributed by atoms with E-state index in [-0.39, 0.29) is 25.2 Å². The van der Waals surface area contributed by atoms with Crippen LogP contribution in [-0.2, 0) is 6.42 Å². The second kappa shape index (κ2) is 12.0. The molecular formula is C26H30N2O4. The fourth-order valence-electron chi connectivity index (χ4n) is 3.30. The lowest BCUT2D eigenvalue weighted by Crippen LogP contribution is -2.41. The summed E-state index contributed by atoms with van der Waals surface area (Å²) >= 11 is 0. The minimum absolute atomic E-state index is 0.0551. The number of aliphatic hydroxyl groups is 2. The molecule has 0 aliphatic heterocycles. The molecule has 0 unspecified atom stereocenters.